The van der Waals surface area contributed by atoms with Crippen LogP contribution >= 0.6 is 46.9 Å². The Bertz CT molecular complexity index is 431. The molecule has 0 saturated heterocycles. The molecule has 0 aromatic carbocycles. The lowest BCUT2D eigenvalue weighted by molar-refractivity contribution is 0.178. The molecule has 3 N–H and O–H groups in total. The maximum Gasteiger partial charge on any atom is 0.191 e. The summed E-state index contributed by atoms with van der Waals surface area (Å²) in [4.78, 5) is 5.19. The number of hydrogen-bond donors (Lipinski definition) is 3. The molecule has 0 aliphatic carbocycles. The predicted molar refractivity (Wildman–Crippen MR) is 100 cm³/mol. The lowest BCUT2D eigenvalue weighted by atomic mass is 10.3. The Kier molecular flexibility index (Phi) is 11.4. The van der Waals surface area contributed by atoms with Gasteiger partial charge in [-0.2, -0.15) is 0 Å². The number of aliphatic imine (C=N–C) groups is 1. The van der Waals surface area contributed by atoms with Gasteiger partial charge in [-0.15, -0.1) is 35.3 Å². The number of ether oxygens (including phenoxy) is 1. The fourth-order valence-corrected chi connectivity index (χ4v) is 2.66. The van der Waals surface area contributed by atoms with Gasteiger partial charge in [0.15, 0.2) is 5.96 Å². The number of methoxy groups -OCH3 is 1. The highest BCUT2D eigenvalue weighted by Crippen LogP contribution is 2.26. The van der Waals surface area contributed by atoms with Crippen molar-refractivity contribution in [1.29, 1.82) is 0 Å². The van der Waals surface area contributed by atoms with Crippen molar-refractivity contribution in [2.24, 2.45) is 4.99 Å². The van der Waals surface area contributed by atoms with Crippen molar-refractivity contribution >= 4 is 52.9 Å². The zero-order chi connectivity index (χ0) is 15.0. The van der Waals surface area contributed by atoms with Crippen LogP contribution in [0.2, 0.25) is 4.34 Å². The molecular weight excluding hydrogens is 425 g/mol. The van der Waals surface area contributed by atoms with E-state index in [0.717, 1.165) is 11.4 Å². The molecule has 0 radical (unpaired) electrons. The number of guanidine groups is 1. The number of nitrogens with one attached hydrogen (secondary N) is 2. The zero-order valence-electron chi connectivity index (χ0n) is 12.4. The maximum absolute atomic E-state index is 10.1. The summed E-state index contributed by atoms with van der Waals surface area (Å²) in [7, 11) is 1.66. The molecule has 2 unspecified atom stereocenters. The highest BCUT2D eigenvalue weighted by Gasteiger charge is 2.11. The van der Waals surface area contributed by atoms with Gasteiger partial charge < -0.3 is 20.5 Å². The van der Waals surface area contributed by atoms with Gasteiger partial charge in [-0.3, -0.25) is 4.99 Å². The summed E-state index contributed by atoms with van der Waals surface area (Å²) in [5, 5.41) is 16.4. The van der Waals surface area contributed by atoms with E-state index in [1.54, 1.807) is 13.2 Å². The van der Waals surface area contributed by atoms with Crippen LogP contribution in [0.1, 0.15) is 24.8 Å². The van der Waals surface area contributed by atoms with E-state index in [-0.39, 0.29) is 36.6 Å². The van der Waals surface area contributed by atoms with E-state index in [2.05, 4.69) is 15.6 Å². The minimum atomic E-state index is -0.638. The number of rotatable bonds is 7. The van der Waals surface area contributed by atoms with Crippen molar-refractivity contribution in [2.45, 2.75) is 26.0 Å². The first-order chi connectivity index (χ1) is 9.56. The Morgan fingerprint density at radius 1 is 1.52 bits per heavy atom. The summed E-state index contributed by atoms with van der Waals surface area (Å²) in [6.07, 6.45) is -0.638. The number of aliphatic hydroxyl groups is 1. The molecule has 1 aromatic heterocycles. The molecule has 0 fully saturated rings. The number of halogens is 2. The van der Waals surface area contributed by atoms with Crippen LogP contribution in [-0.4, -0.2) is 43.9 Å². The maximum atomic E-state index is 10.1. The lowest BCUT2D eigenvalue weighted by Gasteiger charge is -2.17. The van der Waals surface area contributed by atoms with Crippen molar-refractivity contribution in [3.05, 3.63) is 21.3 Å². The third-order valence-electron chi connectivity index (χ3n) is 2.49. The third kappa shape index (κ3) is 8.20. The predicted octanol–water partition coefficient (Wildman–Crippen LogP) is 2.64. The lowest BCUT2D eigenvalue weighted by Crippen LogP contribution is -2.44. The monoisotopic (exact) mass is 447 g/mol. The van der Waals surface area contributed by atoms with Gasteiger partial charge >= 0.3 is 0 Å². The highest BCUT2D eigenvalue weighted by atomic mass is 127. The van der Waals surface area contributed by atoms with E-state index in [4.69, 9.17) is 16.3 Å². The van der Waals surface area contributed by atoms with Crippen molar-refractivity contribution in [3.63, 3.8) is 0 Å². The van der Waals surface area contributed by atoms with Gasteiger partial charge in [0.2, 0.25) is 0 Å². The number of thiophene rings is 1. The molecule has 122 valence electrons. The molecule has 1 aromatic rings. The average molecular weight is 448 g/mol. The molecule has 0 amide bonds. The van der Waals surface area contributed by atoms with Crippen LogP contribution in [0.4, 0.5) is 0 Å². The van der Waals surface area contributed by atoms with Gasteiger partial charge in [0.1, 0.15) is 6.10 Å². The molecule has 5 nitrogen and oxygen atoms in total. The summed E-state index contributed by atoms with van der Waals surface area (Å²) in [5.41, 5.74) is 0. The van der Waals surface area contributed by atoms with E-state index in [1.807, 2.05) is 19.9 Å². The zero-order valence-corrected chi connectivity index (χ0v) is 16.3. The Balaban J connectivity index is 0.00000400. The first-order valence-electron chi connectivity index (χ1n) is 6.53. The normalized spacial score (nSPS) is 14.2. The Morgan fingerprint density at radius 2 is 2.24 bits per heavy atom. The standard InChI is InChI=1S/C13H22ClN3O2S.HI/c1-4-15-13(17-9(2)8-19-3)16-7-10(18)11-5-6-12(14)20-11;/h5-6,9-10,18H,4,7-8H2,1-3H3,(H2,15,16,17);1H. The smallest absolute Gasteiger partial charge is 0.191 e. The van der Waals surface area contributed by atoms with Crippen molar-refractivity contribution in [3.8, 4) is 0 Å². The second kappa shape index (κ2) is 11.5. The highest BCUT2D eigenvalue weighted by molar-refractivity contribution is 14.0. The summed E-state index contributed by atoms with van der Waals surface area (Å²) >= 11 is 7.22. The summed E-state index contributed by atoms with van der Waals surface area (Å²) < 4.78 is 5.74. The number of nitrogens with zero attached hydrogens (tertiary/aromatic N) is 1. The molecular formula is C13H23ClIN3O2S. The van der Waals surface area contributed by atoms with Crippen molar-refractivity contribution in [2.75, 3.05) is 26.8 Å². The summed E-state index contributed by atoms with van der Waals surface area (Å²) in [5.74, 6) is 0.666. The van der Waals surface area contributed by atoms with Gasteiger partial charge in [0.05, 0.1) is 17.5 Å². The second-order valence-electron chi connectivity index (χ2n) is 4.38. The Hall–Kier alpha value is -0.0900. The van der Waals surface area contributed by atoms with Gasteiger partial charge in [-0.05, 0) is 26.0 Å². The SMILES string of the molecule is CCNC(=NCC(O)c1ccc(Cl)s1)NC(C)COC.I. The molecule has 1 heterocycles. The first-order valence-corrected chi connectivity index (χ1v) is 7.73. The minimum Gasteiger partial charge on any atom is -0.386 e. The fraction of sp³-hybridized carbons (Fsp3) is 0.615. The van der Waals surface area contributed by atoms with E-state index in [0.29, 0.717) is 16.9 Å². The minimum absolute atomic E-state index is 0. The van der Waals surface area contributed by atoms with E-state index in [1.165, 1.54) is 11.3 Å². The summed E-state index contributed by atoms with van der Waals surface area (Å²) in [6.45, 7) is 5.63. The van der Waals surface area contributed by atoms with Crippen LogP contribution in [0.3, 0.4) is 0 Å². The number of hydrogen-bond acceptors (Lipinski definition) is 4. The van der Waals surface area contributed by atoms with Crippen molar-refractivity contribution in [1.82, 2.24) is 10.6 Å². The molecule has 0 saturated carbocycles. The third-order valence-corrected chi connectivity index (χ3v) is 3.82. The van der Waals surface area contributed by atoms with Gasteiger partial charge in [-0.1, -0.05) is 11.6 Å². The molecule has 0 spiro atoms. The largest absolute Gasteiger partial charge is 0.386 e. The topological polar surface area (TPSA) is 65.9 Å². The van der Waals surface area contributed by atoms with Crippen LogP contribution in [-0.2, 0) is 4.74 Å². The van der Waals surface area contributed by atoms with Crippen LogP contribution < -0.4 is 10.6 Å². The Labute approximate surface area is 152 Å². The average Bonchev–Trinajstić information content (AvgIpc) is 2.83. The quantitative estimate of drug-likeness (QED) is 0.342. The van der Waals surface area contributed by atoms with Gasteiger partial charge in [-0.25, -0.2) is 0 Å². The van der Waals surface area contributed by atoms with Crippen LogP contribution in [0, 0.1) is 0 Å². The van der Waals surface area contributed by atoms with Gasteiger partial charge in [0.25, 0.3) is 0 Å². The van der Waals surface area contributed by atoms with E-state index >= 15 is 0 Å². The molecule has 0 bridgehead atoms. The second-order valence-corrected chi connectivity index (χ2v) is 6.12. The van der Waals surface area contributed by atoms with E-state index in [9.17, 15) is 5.11 Å². The van der Waals surface area contributed by atoms with Crippen LogP contribution in [0.25, 0.3) is 0 Å². The molecule has 1 rings (SSSR count). The molecule has 8 heteroatoms. The molecule has 0 aliphatic heterocycles. The number of aliphatic hydroxyl groups excluding tert-OH is 1. The van der Waals surface area contributed by atoms with Gasteiger partial charge in [0, 0.05) is 24.6 Å². The molecule has 0 aliphatic rings. The van der Waals surface area contributed by atoms with Crippen LogP contribution in [0.15, 0.2) is 17.1 Å². The van der Waals surface area contributed by atoms with E-state index < -0.39 is 6.10 Å². The van der Waals surface area contributed by atoms with Crippen molar-refractivity contribution < 1.29 is 9.84 Å². The molecule has 2 atom stereocenters. The first kappa shape index (κ1) is 20.9. The summed E-state index contributed by atoms with van der Waals surface area (Å²) in [6, 6.07) is 3.74. The Morgan fingerprint density at radius 3 is 2.76 bits per heavy atom. The van der Waals surface area contributed by atoms with Crippen LogP contribution in [0.5, 0.6) is 0 Å². The molecule has 21 heavy (non-hydrogen) atoms. The fourth-order valence-electron chi connectivity index (χ4n) is 1.62.